The highest BCUT2D eigenvalue weighted by Gasteiger charge is 2.31. The number of benzene rings is 1. The molecule has 1 aliphatic carbocycles. The number of ketones is 1. The zero-order chi connectivity index (χ0) is 13.9. The molecule has 0 aromatic heterocycles. The molecule has 1 heterocycles. The fraction of sp³-hybridized carbons (Fsp3) is 0.529. The summed E-state index contributed by atoms with van der Waals surface area (Å²) >= 11 is 0. The predicted octanol–water partition coefficient (Wildman–Crippen LogP) is 2.91. The Hall–Kier alpha value is -1.64. The Kier molecular flexibility index (Phi) is 3.86. The summed E-state index contributed by atoms with van der Waals surface area (Å²) in [6, 6.07) is 9.50. The quantitative estimate of drug-likeness (QED) is 0.790. The molecule has 2 aliphatic rings. The number of amides is 1. The average molecular weight is 271 g/mol. The smallest absolute Gasteiger partial charge is 0.222 e. The van der Waals surface area contributed by atoms with Gasteiger partial charge in [-0.25, -0.2) is 0 Å². The van der Waals surface area contributed by atoms with Crippen LogP contribution in [0.5, 0.6) is 0 Å². The molecule has 0 unspecified atom stereocenters. The minimum atomic E-state index is 0.0855. The van der Waals surface area contributed by atoms with Crippen LogP contribution >= 0.6 is 0 Å². The summed E-state index contributed by atoms with van der Waals surface area (Å²) in [5, 5.41) is 0. The molecule has 1 saturated carbocycles. The van der Waals surface area contributed by atoms with Crippen molar-refractivity contribution < 1.29 is 9.59 Å². The van der Waals surface area contributed by atoms with Crippen molar-refractivity contribution in [3.05, 3.63) is 35.9 Å². The Morgan fingerprint density at radius 2 is 1.65 bits per heavy atom. The van der Waals surface area contributed by atoms with Gasteiger partial charge in [0.2, 0.25) is 5.91 Å². The van der Waals surface area contributed by atoms with E-state index in [1.54, 1.807) is 0 Å². The van der Waals surface area contributed by atoms with Crippen molar-refractivity contribution in [1.82, 2.24) is 4.90 Å². The van der Waals surface area contributed by atoms with Crippen LogP contribution in [0.2, 0.25) is 0 Å². The monoisotopic (exact) mass is 271 g/mol. The summed E-state index contributed by atoms with van der Waals surface area (Å²) in [5.41, 5.74) is 0.801. The van der Waals surface area contributed by atoms with Gasteiger partial charge in [-0.1, -0.05) is 30.3 Å². The lowest BCUT2D eigenvalue weighted by molar-refractivity contribution is -0.132. The number of carbonyl (C=O) groups is 2. The largest absolute Gasteiger partial charge is 0.343 e. The van der Waals surface area contributed by atoms with E-state index in [0.717, 1.165) is 37.9 Å². The molecule has 0 spiro atoms. The van der Waals surface area contributed by atoms with Crippen molar-refractivity contribution >= 4 is 11.7 Å². The summed E-state index contributed by atoms with van der Waals surface area (Å²) in [6.07, 6.45) is 4.77. The van der Waals surface area contributed by atoms with Crippen molar-refractivity contribution in [2.75, 3.05) is 13.1 Å². The number of likely N-dealkylation sites (tertiary alicyclic amines) is 1. The van der Waals surface area contributed by atoms with E-state index >= 15 is 0 Å². The summed E-state index contributed by atoms with van der Waals surface area (Å²) < 4.78 is 0. The number of rotatable bonds is 4. The molecule has 1 aromatic rings. The van der Waals surface area contributed by atoms with Gasteiger partial charge in [0.1, 0.15) is 0 Å². The van der Waals surface area contributed by atoms with E-state index in [-0.39, 0.29) is 17.6 Å². The first-order chi connectivity index (χ1) is 9.74. The van der Waals surface area contributed by atoms with E-state index in [1.165, 1.54) is 12.8 Å². The fourth-order valence-electron chi connectivity index (χ4n) is 2.93. The molecule has 106 valence electrons. The van der Waals surface area contributed by atoms with Crippen molar-refractivity contribution in [2.45, 2.75) is 32.1 Å². The third kappa shape index (κ3) is 3.09. The highest BCUT2D eigenvalue weighted by molar-refractivity contribution is 5.98. The van der Waals surface area contributed by atoms with Crippen molar-refractivity contribution in [3.8, 4) is 0 Å². The molecule has 3 nitrogen and oxygen atoms in total. The molecular formula is C17H21NO2. The van der Waals surface area contributed by atoms with Crippen LogP contribution in [-0.4, -0.2) is 29.7 Å². The highest BCUT2D eigenvalue weighted by Crippen LogP contribution is 2.33. The highest BCUT2D eigenvalue weighted by atomic mass is 16.2. The molecule has 0 radical (unpaired) electrons. The van der Waals surface area contributed by atoms with Crippen LogP contribution in [0, 0.1) is 11.8 Å². The van der Waals surface area contributed by atoms with E-state index in [0.29, 0.717) is 5.92 Å². The number of nitrogens with zero attached hydrogens (tertiary/aromatic N) is 1. The predicted molar refractivity (Wildman–Crippen MR) is 77.4 cm³/mol. The van der Waals surface area contributed by atoms with Gasteiger partial charge in [0.25, 0.3) is 0 Å². The van der Waals surface area contributed by atoms with E-state index in [1.807, 2.05) is 35.2 Å². The summed E-state index contributed by atoms with van der Waals surface area (Å²) in [5.74, 6) is 1.26. The molecule has 0 bridgehead atoms. The number of hydrogen-bond acceptors (Lipinski definition) is 2. The molecule has 3 heteroatoms. The number of piperidine rings is 1. The molecule has 20 heavy (non-hydrogen) atoms. The summed E-state index contributed by atoms with van der Waals surface area (Å²) in [7, 11) is 0. The van der Waals surface area contributed by atoms with Gasteiger partial charge in [-0.05, 0) is 31.6 Å². The van der Waals surface area contributed by atoms with Crippen LogP contribution in [0.1, 0.15) is 42.5 Å². The molecule has 0 N–H and O–H groups in total. The van der Waals surface area contributed by atoms with Gasteiger partial charge in [0.05, 0.1) is 0 Å². The molecular weight excluding hydrogens is 250 g/mol. The first-order valence-electron chi connectivity index (χ1n) is 7.61. The van der Waals surface area contributed by atoms with Gasteiger partial charge < -0.3 is 4.90 Å². The Labute approximate surface area is 120 Å². The minimum Gasteiger partial charge on any atom is -0.343 e. The normalized spacial score (nSPS) is 19.9. The third-order valence-corrected chi connectivity index (χ3v) is 4.44. The molecule has 1 saturated heterocycles. The minimum absolute atomic E-state index is 0.0855. The number of Topliss-reactive ketones (excluding diaryl/α,β-unsaturated/α-hetero) is 1. The SMILES string of the molecule is O=C(c1ccccc1)C1CCN(C(=O)CC2CC2)CC1. The Bertz CT molecular complexity index is 485. The maximum absolute atomic E-state index is 12.4. The Morgan fingerprint density at radius 1 is 1.00 bits per heavy atom. The van der Waals surface area contributed by atoms with Crippen molar-refractivity contribution in [1.29, 1.82) is 0 Å². The van der Waals surface area contributed by atoms with Gasteiger partial charge in [-0.2, -0.15) is 0 Å². The van der Waals surface area contributed by atoms with Crippen molar-refractivity contribution in [3.63, 3.8) is 0 Å². The van der Waals surface area contributed by atoms with Gasteiger partial charge in [0, 0.05) is 31.0 Å². The molecule has 1 aliphatic heterocycles. The van der Waals surface area contributed by atoms with Crippen LogP contribution in [-0.2, 0) is 4.79 Å². The molecule has 1 amide bonds. The fourth-order valence-corrected chi connectivity index (χ4v) is 2.93. The standard InChI is InChI=1S/C17H21NO2/c19-16(12-13-6-7-13)18-10-8-15(9-11-18)17(20)14-4-2-1-3-5-14/h1-5,13,15H,6-12H2. The average Bonchev–Trinajstić information content (AvgIpc) is 3.31. The zero-order valence-electron chi connectivity index (χ0n) is 11.8. The van der Waals surface area contributed by atoms with Gasteiger partial charge in [-0.15, -0.1) is 0 Å². The topological polar surface area (TPSA) is 37.4 Å². The zero-order valence-corrected chi connectivity index (χ0v) is 11.8. The maximum atomic E-state index is 12.4. The second-order valence-electron chi connectivity index (χ2n) is 6.03. The van der Waals surface area contributed by atoms with Crippen molar-refractivity contribution in [2.24, 2.45) is 11.8 Å². The van der Waals surface area contributed by atoms with Gasteiger partial charge >= 0.3 is 0 Å². The molecule has 0 atom stereocenters. The van der Waals surface area contributed by atoms with Crippen LogP contribution in [0.3, 0.4) is 0 Å². The maximum Gasteiger partial charge on any atom is 0.222 e. The van der Waals surface area contributed by atoms with Crippen LogP contribution in [0.4, 0.5) is 0 Å². The van der Waals surface area contributed by atoms with Gasteiger partial charge in [-0.3, -0.25) is 9.59 Å². The lowest BCUT2D eigenvalue weighted by atomic mass is 9.89. The lowest BCUT2D eigenvalue weighted by Gasteiger charge is -2.31. The summed E-state index contributed by atoms with van der Waals surface area (Å²) in [4.78, 5) is 26.3. The number of carbonyl (C=O) groups excluding carboxylic acids is 2. The second-order valence-corrected chi connectivity index (χ2v) is 6.03. The molecule has 3 rings (SSSR count). The Morgan fingerprint density at radius 3 is 2.25 bits per heavy atom. The Balaban J connectivity index is 1.53. The second kappa shape index (κ2) is 5.78. The van der Waals surface area contributed by atoms with E-state index in [4.69, 9.17) is 0 Å². The number of hydrogen-bond donors (Lipinski definition) is 0. The van der Waals surface area contributed by atoms with E-state index in [2.05, 4.69) is 0 Å². The molecule has 2 fully saturated rings. The van der Waals surface area contributed by atoms with Crippen LogP contribution < -0.4 is 0 Å². The van der Waals surface area contributed by atoms with Crippen LogP contribution in [0.15, 0.2) is 30.3 Å². The molecule has 1 aromatic carbocycles. The van der Waals surface area contributed by atoms with Gasteiger partial charge in [0.15, 0.2) is 5.78 Å². The first-order valence-corrected chi connectivity index (χ1v) is 7.61. The van der Waals surface area contributed by atoms with E-state index < -0.39 is 0 Å². The lowest BCUT2D eigenvalue weighted by Crippen LogP contribution is -2.40. The first kappa shape index (κ1) is 13.3. The third-order valence-electron chi connectivity index (χ3n) is 4.44. The van der Waals surface area contributed by atoms with E-state index in [9.17, 15) is 9.59 Å². The summed E-state index contributed by atoms with van der Waals surface area (Å²) in [6.45, 7) is 1.49. The van der Waals surface area contributed by atoms with Crippen LogP contribution in [0.25, 0.3) is 0 Å².